The summed E-state index contributed by atoms with van der Waals surface area (Å²) in [5.41, 5.74) is 0. The van der Waals surface area contributed by atoms with Crippen LogP contribution in [0.3, 0.4) is 0 Å². The van der Waals surface area contributed by atoms with E-state index < -0.39 is 0 Å². The molecule has 130 valence electrons. The Balaban J connectivity index is 0.00000441. The summed E-state index contributed by atoms with van der Waals surface area (Å²) in [6, 6.07) is 0.306. The van der Waals surface area contributed by atoms with Crippen LogP contribution in [0.25, 0.3) is 0 Å². The highest BCUT2D eigenvalue weighted by molar-refractivity contribution is 14.0. The predicted octanol–water partition coefficient (Wildman–Crippen LogP) is 1.60. The first-order chi connectivity index (χ1) is 10.2. The highest BCUT2D eigenvalue weighted by Crippen LogP contribution is 2.10. The molecular formula is C15H31IN4O2. The van der Waals surface area contributed by atoms with Gasteiger partial charge in [0.05, 0.1) is 0 Å². The van der Waals surface area contributed by atoms with Crippen molar-refractivity contribution in [3.05, 3.63) is 0 Å². The molecule has 1 heterocycles. The van der Waals surface area contributed by atoms with Gasteiger partial charge in [0, 0.05) is 52.9 Å². The van der Waals surface area contributed by atoms with Gasteiger partial charge in [-0.25, -0.2) is 0 Å². The predicted molar refractivity (Wildman–Crippen MR) is 101 cm³/mol. The van der Waals surface area contributed by atoms with Gasteiger partial charge in [0.25, 0.3) is 0 Å². The fraction of sp³-hybridized carbons (Fsp3) is 0.867. The lowest BCUT2D eigenvalue weighted by Crippen LogP contribution is -2.45. The number of nitrogens with zero attached hydrogens (tertiary/aromatic N) is 2. The van der Waals surface area contributed by atoms with E-state index in [4.69, 9.17) is 4.74 Å². The molecule has 1 aliphatic rings. The molecule has 7 heteroatoms. The van der Waals surface area contributed by atoms with Gasteiger partial charge in [-0.15, -0.1) is 24.0 Å². The van der Waals surface area contributed by atoms with Gasteiger partial charge in [0.15, 0.2) is 5.96 Å². The normalized spacial score (nSPS) is 18.0. The molecule has 1 saturated heterocycles. The summed E-state index contributed by atoms with van der Waals surface area (Å²) in [6.45, 7) is 5.27. The first-order valence-corrected chi connectivity index (χ1v) is 7.95. The summed E-state index contributed by atoms with van der Waals surface area (Å²) in [7, 11) is 3.52. The molecule has 1 atom stereocenters. The molecule has 0 radical (unpaired) electrons. The molecule has 0 saturated carbocycles. The number of amides is 1. The molecule has 6 nitrogen and oxygen atoms in total. The lowest BCUT2D eigenvalue weighted by Gasteiger charge is -2.18. The fourth-order valence-electron chi connectivity index (χ4n) is 2.47. The highest BCUT2D eigenvalue weighted by atomic mass is 127. The minimum atomic E-state index is 0. The number of ether oxygens (including phenoxy) is 1. The van der Waals surface area contributed by atoms with Crippen LogP contribution in [-0.4, -0.2) is 63.2 Å². The summed E-state index contributed by atoms with van der Waals surface area (Å²) in [4.78, 5) is 17.8. The fourth-order valence-corrected chi connectivity index (χ4v) is 2.47. The van der Waals surface area contributed by atoms with Gasteiger partial charge in [-0.05, 0) is 25.7 Å². The van der Waals surface area contributed by atoms with E-state index in [0.717, 1.165) is 57.9 Å². The van der Waals surface area contributed by atoms with Crippen LogP contribution in [0.5, 0.6) is 0 Å². The van der Waals surface area contributed by atoms with Crippen molar-refractivity contribution in [2.24, 2.45) is 4.99 Å². The van der Waals surface area contributed by atoms with E-state index in [-0.39, 0.29) is 29.9 Å². The van der Waals surface area contributed by atoms with Gasteiger partial charge < -0.3 is 20.3 Å². The molecule has 2 N–H and O–H groups in total. The largest absolute Gasteiger partial charge is 0.385 e. The molecule has 0 spiro atoms. The van der Waals surface area contributed by atoms with Crippen LogP contribution in [0.2, 0.25) is 0 Å². The Morgan fingerprint density at radius 2 is 2.14 bits per heavy atom. The molecule has 1 fully saturated rings. The molecular weight excluding hydrogens is 395 g/mol. The third-order valence-corrected chi connectivity index (χ3v) is 3.73. The van der Waals surface area contributed by atoms with Crippen molar-refractivity contribution >= 4 is 35.8 Å². The average molecular weight is 426 g/mol. The summed E-state index contributed by atoms with van der Waals surface area (Å²) < 4.78 is 5.03. The maximum absolute atomic E-state index is 11.7. The Morgan fingerprint density at radius 1 is 1.36 bits per heavy atom. The number of carbonyl (C=O) groups excluding carboxylic acids is 1. The zero-order valence-electron chi connectivity index (χ0n) is 14.1. The van der Waals surface area contributed by atoms with Crippen molar-refractivity contribution in [2.75, 3.05) is 40.4 Å². The molecule has 1 rings (SSSR count). The second-order valence-corrected chi connectivity index (χ2v) is 5.38. The summed E-state index contributed by atoms with van der Waals surface area (Å²) >= 11 is 0. The number of halogens is 1. The quantitative estimate of drug-likeness (QED) is 0.268. The standard InChI is InChI=1S/C15H30N4O2.HI/c1-4-14(20)19-10-8-13(12-19)18-15(16-2)17-9-6-5-7-11-21-3;/h13H,4-12H2,1-3H3,(H2,16,17,18);1H. The van der Waals surface area contributed by atoms with E-state index >= 15 is 0 Å². The molecule has 0 aromatic rings. The zero-order valence-corrected chi connectivity index (χ0v) is 16.4. The van der Waals surface area contributed by atoms with Crippen molar-refractivity contribution < 1.29 is 9.53 Å². The Morgan fingerprint density at radius 3 is 2.77 bits per heavy atom. The van der Waals surface area contributed by atoms with Crippen molar-refractivity contribution in [1.82, 2.24) is 15.5 Å². The second kappa shape index (κ2) is 12.9. The number of hydrogen-bond acceptors (Lipinski definition) is 3. The average Bonchev–Trinajstić information content (AvgIpc) is 2.97. The van der Waals surface area contributed by atoms with Crippen LogP contribution in [0.4, 0.5) is 0 Å². The SMILES string of the molecule is CCC(=O)N1CCC(NC(=NC)NCCCCCOC)C1.I. The number of likely N-dealkylation sites (tertiary alicyclic amines) is 1. The summed E-state index contributed by atoms with van der Waals surface area (Å²) in [5.74, 6) is 1.07. The van der Waals surface area contributed by atoms with Gasteiger partial charge >= 0.3 is 0 Å². The number of guanidine groups is 1. The van der Waals surface area contributed by atoms with Gasteiger partial charge in [-0.3, -0.25) is 9.79 Å². The van der Waals surface area contributed by atoms with Gasteiger partial charge in [-0.2, -0.15) is 0 Å². The van der Waals surface area contributed by atoms with Crippen LogP contribution in [0, 0.1) is 0 Å². The Kier molecular flexibility index (Phi) is 12.6. The van der Waals surface area contributed by atoms with Crippen LogP contribution >= 0.6 is 24.0 Å². The van der Waals surface area contributed by atoms with E-state index in [2.05, 4.69) is 15.6 Å². The Bertz CT molecular complexity index is 340. The van der Waals surface area contributed by atoms with E-state index in [1.165, 1.54) is 0 Å². The van der Waals surface area contributed by atoms with Crippen LogP contribution in [0.15, 0.2) is 4.99 Å². The maximum Gasteiger partial charge on any atom is 0.222 e. The van der Waals surface area contributed by atoms with Crippen molar-refractivity contribution in [1.29, 1.82) is 0 Å². The number of rotatable bonds is 8. The van der Waals surface area contributed by atoms with Gasteiger partial charge in [0.2, 0.25) is 5.91 Å². The lowest BCUT2D eigenvalue weighted by molar-refractivity contribution is -0.129. The third-order valence-electron chi connectivity index (χ3n) is 3.73. The smallest absolute Gasteiger partial charge is 0.222 e. The minimum Gasteiger partial charge on any atom is -0.385 e. The molecule has 1 aliphatic heterocycles. The monoisotopic (exact) mass is 426 g/mol. The Hall–Kier alpha value is -0.570. The van der Waals surface area contributed by atoms with Gasteiger partial charge in [-0.1, -0.05) is 6.92 Å². The number of nitrogens with one attached hydrogen (secondary N) is 2. The molecule has 1 amide bonds. The number of hydrogen-bond donors (Lipinski definition) is 2. The molecule has 0 aromatic heterocycles. The van der Waals surface area contributed by atoms with Crippen LogP contribution in [0.1, 0.15) is 39.0 Å². The molecule has 0 aliphatic carbocycles. The van der Waals surface area contributed by atoms with Crippen molar-refractivity contribution in [2.45, 2.75) is 45.1 Å². The molecule has 22 heavy (non-hydrogen) atoms. The van der Waals surface area contributed by atoms with E-state index in [0.29, 0.717) is 12.5 Å². The van der Waals surface area contributed by atoms with Crippen molar-refractivity contribution in [3.8, 4) is 0 Å². The molecule has 0 aromatic carbocycles. The second-order valence-electron chi connectivity index (χ2n) is 5.38. The zero-order chi connectivity index (χ0) is 15.5. The van der Waals surface area contributed by atoms with Crippen molar-refractivity contribution in [3.63, 3.8) is 0 Å². The topological polar surface area (TPSA) is 66.0 Å². The number of aliphatic imine (C=N–C) groups is 1. The van der Waals surface area contributed by atoms with E-state index in [9.17, 15) is 4.79 Å². The summed E-state index contributed by atoms with van der Waals surface area (Å²) in [5, 5.41) is 6.72. The lowest BCUT2D eigenvalue weighted by atomic mass is 10.2. The Labute approximate surface area is 151 Å². The number of unbranched alkanes of at least 4 members (excludes halogenated alkanes) is 2. The minimum absolute atomic E-state index is 0. The number of methoxy groups -OCH3 is 1. The highest BCUT2D eigenvalue weighted by Gasteiger charge is 2.25. The summed E-state index contributed by atoms with van der Waals surface area (Å²) in [6.07, 6.45) is 4.93. The van der Waals surface area contributed by atoms with Crippen LogP contribution in [-0.2, 0) is 9.53 Å². The molecule has 1 unspecified atom stereocenters. The first-order valence-electron chi connectivity index (χ1n) is 7.95. The maximum atomic E-state index is 11.7. The first kappa shape index (κ1) is 21.4. The number of carbonyl (C=O) groups is 1. The molecule has 0 bridgehead atoms. The van der Waals surface area contributed by atoms with Crippen LogP contribution < -0.4 is 10.6 Å². The van der Waals surface area contributed by atoms with E-state index in [1.54, 1.807) is 14.2 Å². The third kappa shape index (κ3) is 8.17. The van der Waals surface area contributed by atoms with E-state index in [1.807, 2.05) is 11.8 Å². The van der Waals surface area contributed by atoms with Gasteiger partial charge in [0.1, 0.15) is 0 Å².